The summed E-state index contributed by atoms with van der Waals surface area (Å²) in [6.45, 7) is 0.824. The molecule has 0 aliphatic carbocycles. The highest BCUT2D eigenvalue weighted by molar-refractivity contribution is 5.54. The van der Waals surface area contributed by atoms with E-state index in [4.69, 9.17) is 12.2 Å². The largest absolute Gasteiger partial charge is 0.381 e. The van der Waals surface area contributed by atoms with Gasteiger partial charge in [-0.1, -0.05) is 0 Å². The lowest BCUT2D eigenvalue weighted by molar-refractivity contribution is 0.787. The highest BCUT2D eigenvalue weighted by atomic mass is 15.0. The summed E-state index contributed by atoms with van der Waals surface area (Å²) in [5.41, 5.74) is 5.59. The standard InChI is InChI=1S/C10H14N4/c1-2-3-4-5-6-13-10-9(11)12-7-8-14-10/h1,7-8H,3-6H2,(H2,11,12)(H,13,14). The molecule has 0 saturated heterocycles. The molecule has 0 bridgehead atoms. The molecule has 1 heterocycles. The molecule has 0 aromatic carbocycles. The van der Waals surface area contributed by atoms with Gasteiger partial charge in [-0.25, -0.2) is 9.97 Å². The molecule has 4 nitrogen and oxygen atoms in total. The van der Waals surface area contributed by atoms with E-state index in [-0.39, 0.29) is 0 Å². The number of nitrogens with two attached hydrogens (primary N) is 1. The molecule has 74 valence electrons. The Bertz CT molecular complexity index is 316. The maximum absolute atomic E-state index is 5.59. The number of rotatable bonds is 5. The van der Waals surface area contributed by atoms with Crippen LogP contribution < -0.4 is 11.1 Å². The number of anilines is 2. The van der Waals surface area contributed by atoms with Gasteiger partial charge in [-0.05, 0) is 12.8 Å². The van der Waals surface area contributed by atoms with Gasteiger partial charge in [0.05, 0.1) is 0 Å². The van der Waals surface area contributed by atoms with Gasteiger partial charge in [0.15, 0.2) is 11.6 Å². The zero-order valence-electron chi connectivity index (χ0n) is 8.03. The molecule has 0 unspecified atom stereocenters. The molecule has 1 rings (SSSR count). The van der Waals surface area contributed by atoms with Crippen LogP contribution in [-0.2, 0) is 0 Å². The molecular weight excluding hydrogens is 176 g/mol. The Balaban J connectivity index is 2.25. The number of terminal acetylenes is 1. The van der Waals surface area contributed by atoms with E-state index in [2.05, 4.69) is 21.2 Å². The molecule has 0 atom stereocenters. The molecule has 1 aromatic rings. The molecule has 0 aliphatic rings. The van der Waals surface area contributed by atoms with Gasteiger partial charge in [-0.15, -0.1) is 12.3 Å². The first-order valence-corrected chi connectivity index (χ1v) is 4.58. The van der Waals surface area contributed by atoms with Gasteiger partial charge < -0.3 is 11.1 Å². The number of aromatic nitrogens is 2. The van der Waals surface area contributed by atoms with Crippen molar-refractivity contribution in [3.05, 3.63) is 12.4 Å². The van der Waals surface area contributed by atoms with Crippen LogP contribution in [0.25, 0.3) is 0 Å². The van der Waals surface area contributed by atoms with Crippen LogP contribution in [0.3, 0.4) is 0 Å². The van der Waals surface area contributed by atoms with Gasteiger partial charge in [0.1, 0.15) is 0 Å². The molecular formula is C10H14N4. The Morgan fingerprint density at radius 3 is 2.86 bits per heavy atom. The lowest BCUT2D eigenvalue weighted by Crippen LogP contribution is -2.06. The quantitative estimate of drug-likeness (QED) is 0.542. The molecule has 4 heteroatoms. The second-order valence-electron chi connectivity index (χ2n) is 2.88. The lowest BCUT2D eigenvalue weighted by atomic mass is 10.2. The minimum Gasteiger partial charge on any atom is -0.381 e. The van der Waals surface area contributed by atoms with Gasteiger partial charge in [0, 0.05) is 25.4 Å². The smallest absolute Gasteiger partial charge is 0.168 e. The van der Waals surface area contributed by atoms with Crippen LogP contribution in [0.1, 0.15) is 19.3 Å². The van der Waals surface area contributed by atoms with E-state index in [0.29, 0.717) is 11.6 Å². The number of unbranched alkanes of at least 4 members (excludes halogenated alkanes) is 2. The highest BCUT2D eigenvalue weighted by Gasteiger charge is 1.97. The average molecular weight is 190 g/mol. The maximum Gasteiger partial charge on any atom is 0.168 e. The average Bonchev–Trinajstić information content (AvgIpc) is 2.20. The third-order valence-corrected chi connectivity index (χ3v) is 1.77. The SMILES string of the molecule is C#CCCCCNc1nccnc1N. The zero-order valence-corrected chi connectivity index (χ0v) is 8.03. The summed E-state index contributed by atoms with van der Waals surface area (Å²) in [6, 6.07) is 0. The molecule has 0 amide bonds. The zero-order chi connectivity index (χ0) is 10.2. The van der Waals surface area contributed by atoms with Gasteiger partial charge in [-0.3, -0.25) is 0 Å². The second-order valence-corrected chi connectivity index (χ2v) is 2.88. The molecule has 0 spiro atoms. The lowest BCUT2D eigenvalue weighted by Gasteiger charge is -2.05. The number of hydrogen-bond acceptors (Lipinski definition) is 4. The van der Waals surface area contributed by atoms with Gasteiger partial charge in [0.25, 0.3) is 0 Å². The van der Waals surface area contributed by atoms with E-state index in [1.807, 2.05) is 0 Å². The number of nitrogen functional groups attached to an aromatic ring is 1. The van der Waals surface area contributed by atoms with Crippen LogP contribution in [0.15, 0.2) is 12.4 Å². The van der Waals surface area contributed by atoms with Crippen molar-refractivity contribution in [1.29, 1.82) is 0 Å². The van der Waals surface area contributed by atoms with Crippen molar-refractivity contribution in [3.8, 4) is 12.3 Å². The van der Waals surface area contributed by atoms with Gasteiger partial charge in [-0.2, -0.15) is 0 Å². The van der Waals surface area contributed by atoms with E-state index in [1.54, 1.807) is 12.4 Å². The molecule has 0 radical (unpaired) electrons. The van der Waals surface area contributed by atoms with E-state index in [9.17, 15) is 0 Å². The number of nitrogens with zero attached hydrogens (tertiary/aromatic N) is 2. The van der Waals surface area contributed by atoms with Crippen molar-refractivity contribution in [2.24, 2.45) is 0 Å². The molecule has 14 heavy (non-hydrogen) atoms. The number of hydrogen-bond donors (Lipinski definition) is 2. The molecule has 1 aromatic heterocycles. The fourth-order valence-electron chi connectivity index (χ4n) is 1.04. The first kappa shape index (κ1) is 10.3. The summed E-state index contributed by atoms with van der Waals surface area (Å²) in [5, 5.41) is 3.10. The van der Waals surface area contributed by atoms with Crippen molar-refractivity contribution in [2.75, 3.05) is 17.6 Å². The topological polar surface area (TPSA) is 63.8 Å². The summed E-state index contributed by atoms with van der Waals surface area (Å²) in [5.74, 6) is 3.68. The van der Waals surface area contributed by atoms with Gasteiger partial charge in [0.2, 0.25) is 0 Å². The predicted molar refractivity (Wildman–Crippen MR) is 57.6 cm³/mol. The van der Waals surface area contributed by atoms with Crippen LogP contribution in [-0.4, -0.2) is 16.5 Å². The fourth-order valence-corrected chi connectivity index (χ4v) is 1.04. The van der Waals surface area contributed by atoms with Crippen LogP contribution in [0, 0.1) is 12.3 Å². The van der Waals surface area contributed by atoms with Gasteiger partial charge >= 0.3 is 0 Å². The summed E-state index contributed by atoms with van der Waals surface area (Å²) < 4.78 is 0. The van der Waals surface area contributed by atoms with Crippen LogP contribution >= 0.6 is 0 Å². The monoisotopic (exact) mass is 190 g/mol. The third kappa shape index (κ3) is 3.31. The number of nitrogens with one attached hydrogen (secondary N) is 1. The Morgan fingerprint density at radius 2 is 2.14 bits per heavy atom. The highest BCUT2D eigenvalue weighted by Crippen LogP contribution is 2.09. The summed E-state index contributed by atoms with van der Waals surface area (Å²) in [6.07, 6.45) is 11.2. The van der Waals surface area contributed by atoms with Crippen molar-refractivity contribution in [3.63, 3.8) is 0 Å². The molecule has 0 saturated carbocycles. The second kappa shape index (κ2) is 5.81. The summed E-state index contributed by atoms with van der Waals surface area (Å²) in [4.78, 5) is 7.97. The minimum atomic E-state index is 0.435. The third-order valence-electron chi connectivity index (χ3n) is 1.77. The fraction of sp³-hybridized carbons (Fsp3) is 0.400. The normalized spacial score (nSPS) is 9.36. The van der Waals surface area contributed by atoms with E-state index in [1.165, 1.54) is 0 Å². The van der Waals surface area contributed by atoms with Crippen LogP contribution in [0.4, 0.5) is 11.6 Å². The molecule has 0 fully saturated rings. The predicted octanol–water partition coefficient (Wildman–Crippen LogP) is 1.27. The summed E-state index contributed by atoms with van der Waals surface area (Å²) >= 11 is 0. The molecule has 0 aliphatic heterocycles. The van der Waals surface area contributed by atoms with Crippen LogP contribution in [0.2, 0.25) is 0 Å². The van der Waals surface area contributed by atoms with Crippen molar-refractivity contribution < 1.29 is 0 Å². The van der Waals surface area contributed by atoms with Crippen molar-refractivity contribution in [1.82, 2.24) is 9.97 Å². The first-order chi connectivity index (χ1) is 6.84. The minimum absolute atomic E-state index is 0.435. The van der Waals surface area contributed by atoms with Crippen molar-refractivity contribution in [2.45, 2.75) is 19.3 Å². The van der Waals surface area contributed by atoms with E-state index in [0.717, 1.165) is 25.8 Å². The van der Waals surface area contributed by atoms with E-state index >= 15 is 0 Å². The molecule has 3 N–H and O–H groups in total. The Kier molecular flexibility index (Phi) is 4.29. The van der Waals surface area contributed by atoms with Crippen LogP contribution in [0.5, 0.6) is 0 Å². The Morgan fingerprint density at radius 1 is 1.36 bits per heavy atom. The first-order valence-electron chi connectivity index (χ1n) is 4.58. The Hall–Kier alpha value is -1.76. The van der Waals surface area contributed by atoms with Crippen molar-refractivity contribution >= 4 is 11.6 Å². The summed E-state index contributed by atoms with van der Waals surface area (Å²) in [7, 11) is 0. The Labute approximate surface area is 83.9 Å². The maximum atomic E-state index is 5.59. The van der Waals surface area contributed by atoms with E-state index < -0.39 is 0 Å².